The highest BCUT2D eigenvalue weighted by Gasteiger charge is 2.36. The molecule has 10 nitrogen and oxygen atoms in total. The zero-order valence-electron chi connectivity index (χ0n) is 16.9. The summed E-state index contributed by atoms with van der Waals surface area (Å²) in [6, 6.07) is 3.82. The molecule has 2 bridgehead atoms. The maximum Gasteiger partial charge on any atom is 0.263 e. The van der Waals surface area contributed by atoms with E-state index < -0.39 is 5.91 Å². The second kappa shape index (κ2) is 7.85. The number of nitriles is 1. The van der Waals surface area contributed by atoms with Gasteiger partial charge in [0.1, 0.15) is 23.1 Å². The average Bonchev–Trinajstić information content (AvgIpc) is 3.11. The molecule has 0 aromatic carbocycles. The van der Waals surface area contributed by atoms with Gasteiger partial charge in [0.2, 0.25) is 0 Å². The van der Waals surface area contributed by atoms with Crippen LogP contribution in [-0.2, 0) is 6.42 Å². The van der Waals surface area contributed by atoms with Crippen molar-refractivity contribution in [1.82, 2.24) is 24.5 Å². The molecule has 1 amide bonds. The maximum atomic E-state index is 13.1. The fourth-order valence-corrected chi connectivity index (χ4v) is 4.36. The van der Waals surface area contributed by atoms with E-state index in [1.54, 1.807) is 30.9 Å². The van der Waals surface area contributed by atoms with Gasteiger partial charge in [0, 0.05) is 36.8 Å². The van der Waals surface area contributed by atoms with Gasteiger partial charge in [0.05, 0.1) is 18.7 Å². The molecule has 6 rings (SSSR count). The van der Waals surface area contributed by atoms with E-state index in [0.29, 0.717) is 28.6 Å². The first kappa shape index (κ1) is 19.3. The van der Waals surface area contributed by atoms with Crippen LogP contribution in [0.25, 0.3) is 5.65 Å². The highest BCUT2D eigenvalue weighted by Crippen LogP contribution is 2.33. The summed E-state index contributed by atoms with van der Waals surface area (Å²) in [4.78, 5) is 23.9. The first-order chi connectivity index (χ1) is 15.1. The minimum absolute atomic E-state index is 0.0582. The van der Waals surface area contributed by atoms with Gasteiger partial charge < -0.3 is 15.8 Å². The third-order valence-electron chi connectivity index (χ3n) is 5.97. The number of anilines is 2. The van der Waals surface area contributed by atoms with E-state index in [2.05, 4.69) is 31.4 Å². The Labute approximate surface area is 178 Å². The lowest BCUT2D eigenvalue weighted by Crippen LogP contribution is -2.52. The zero-order valence-corrected chi connectivity index (χ0v) is 16.9. The Bertz CT molecular complexity index is 1180. The normalized spacial score (nSPS) is 22.2. The summed E-state index contributed by atoms with van der Waals surface area (Å²) >= 11 is 0. The predicted molar refractivity (Wildman–Crippen MR) is 112 cm³/mol. The number of nitrogens with one attached hydrogen (secondary N) is 1. The van der Waals surface area contributed by atoms with Gasteiger partial charge in [-0.25, -0.2) is 9.50 Å². The summed E-state index contributed by atoms with van der Waals surface area (Å²) in [5.74, 6) is 0.729. The SMILES string of the molecule is N#CCc1cnc2c(C(=O)Nc3cnccc3OC3CN4CCC3CC4)c(N)nn2c1. The number of nitrogen functional groups attached to an aromatic ring is 1. The van der Waals surface area contributed by atoms with E-state index in [4.69, 9.17) is 15.7 Å². The second-order valence-electron chi connectivity index (χ2n) is 7.95. The molecule has 0 spiro atoms. The van der Waals surface area contributed by atoms with Crippen molar-refractivity contribution in [2.75, 3.05) is 30.7 Å². The summed E-state index contributed by atoms with van der Waals surface area (Å²) in [5.41, 5.74) is 7.66. The Balaban J connectivity index is 1.39. The first-order valence-corrected chi connectivity index (χ1v) is 10.3. The number of carbonyl (C=O) groups is 1. The summed E-state index contributed by atoms with van der Waals surface area (Å²) < 4.78 is 7.73. The number of nitrogens with two attached hydrogens (primary N) is 1. The van der Waals surface area contributed by atoms with E-state index in [-0.39, 0.29) is 23.9 Å². The molecule has 1 atom stereocenters. The van der Waals surface area contributed by atoms with E-state index in [1.165, 1.54) is 4.52 Å². The van der Waals surface area contributed by atoms with Gasteiger partial charge in [-0.15, -0.1) is 5.10 Å². The summed E-state index contributed by atoms with van der Waals surface area (Å²) in [6.45, 7) is 3.15. The van der Waals surface area contributed by atoms with Crippen LogP contribution >= 0.6 is 0 Å². The smallest absolute Gasteiger partial charge is 0.263 e. The van der Waals surface area contributed by atoms with Crippen molar-refractivity contribution >= 4 is 23.1 Å². The van der Waals surface area contributed by atoms with E-state index >= 15 is 0 Å². The number of carbonyl (C=O) groups excluding carboxylic acids is 1. The number of rotatable bonds is 5. The zero-order chi connectivity index (χ0) is 21.4. The largest absolute Gasteiger partial charge is 0.487 e. The number of fused-ring (bicyclic) bond motifs is 4. The van der Waals surface area contributed by atoms with Crippen molar-refractivity contribution < 1.29 is 9.53 Å². The van der Waals surface area contributed by atoms with Crippen LogP contribution in [0.2, 0.25) is 0 Å². The Kier molecular flexibility index (Phi) is 4.88. The predicted octanol–water partition coefficient (Wildman–Crippen LogP) is 1.50. The summed E-state index contributed by atoms with van der Waals surface area (Å²) in [6.07, 6.45) is 8.96. The number of nitrogens with zero attached hydrogens (tertiary/aromatic N) is 6. The number of piperidine rings is 3. The molecule has 3 fully saturated rings. The quantitative estimate of drug-likeness (QED) is 0.636. The first-order valence-electron chi connectivity index (χ1n) is 10.3. The van der Waals surface area contributed by atoms with Crippen LogP contribution in [-0.4, -0.2) is 56.1 Å². The van der Waals surface area contributed by atoms with Crippen molar-refractivity contribution in [3.8, 4) is 11.8 Å². The molecule has 0 saturated carbocycles. The molecule has 3 aliphatic heterocycles. The Hall–Kier alpha value is -3.71. The molecule has 3 N–H and O–H groups in total. The number of hydrogen-bond acceptors (Lipinski definition) is 8. The topological polar surface area (TPSA) is 134 Å². The highest BCUT2D eigenvalue weighted by atomic mass is 16.5. The van der Waals surface area contributed by atoms with Gasteiger partial charge in [0.25, 0.3) is 5.91 Å². The third kappa shape index (κ3) is 3.64. The molecule has 158 valence electrons. The fourth-order valence-electron chi connectivity index (χ4n) is 4.36. The van der Waals surface area contributed by atoms with Gasteiger partial charge in [-0.1, -0.05) is 0 Å². The van der Waals surface area contributed by atoms with Gasteiger partial charge in [-0.05, 0) is 31.8 Å². The standard InChI is InChI=1S/C21H22N8O2/c22-5-1-13-9-25-20-18(19(23)27-29(20)11-13)21(30)26-15-10-24-6-2-16(15)31-17-12-28-7-3-14(17)4-8-28/h2,6,9-11,14,17H,1,3-4,7-8,12H2,(H2,23,27)(H,26,30). The summed E-state index contributed by atoms with van der Waals surface area (Å²) in [7, 11) is 0. The van der Waals surface area contributed by atoms with Crippen molar-refractivity contribution in [1.29, 1.82) is 5.26 Å². The number of aromatic nitrogens is 4. The van der Waals surface area contributed by atoms with Gasteiger partial charge in [-0.2, -0.15) is 5.26 Å². The van der Waals surface area contributed by atoms with Crippen LogP contribution in [0.1, 0.15) is 28.8 Å². The molecule has 1 unspecified atom stereocenters. The van der Waals surface area contributed by atoms with Gasteiger partial charge in [-0.3, -0.25) is 14.7 Å². The molecule has 31 heavy (non-hydrogen) atoms. The molecule has 0 aliphatic carbocycles. The van der Waals surface area contributed by atoms with Gasteiger partial charge in [0.15, 0.2) is 11.5 Å². The van der Waals surface area contributed by atoms with Crippen molar-refractivity contribution in [2.24, 2.45) is 5.92 Å². The average molecular weight is 418 g/mol. The van der Waals surface area contributed by atoms with Crippen LogP contribution in [0.15, 0.2) is 30.9 Å². The molecule has 3 aromatic rings. The Morgan fingerprint density at radius 3 is 2.94 bits per heavy atom. The molecular formula is C21H22N8O2. The van der Waals surface area contributed by atoms with Crippen molar-refractivity contribution in [2.45, 2.75) is 25.4 Å². The Morgan fingerprint density at radius 1 is 1.35 bits per heavy atom. The van der Waals surface area contributed by atoms with Crippen LogP contribution in [0, 0.1) is 17.2 Å². The molecule has 3 aromatic heterocycles. The van der Waals surface area contributed by atoms with Crippen LogP contribution < -0.4 is 15.8 Å². The molecular weight excluding hydrogens is 396 g/mol. The highest BCUT2D eigenvalue weighted by molar-refractivity contribution is 6.11. The number of hydrogen-bond donors (Lipinski definition) is 2. The second-order valence-corrected chi connectivity index (χ2v) is 7.95. The minimum Gasteiger partial charge on any atom is -0.487 e. The molecule has 0 radical (unpaired) electrons. The lowest BCUT2D eigenvalue weighted by atomic mass is 9.86. The third-order valence-corrected chi connectivity index (χ3v) is 5.97. The monoisotopic (exact) mass is 418 g/mol. The lowest BCUT2D eigenvalue weighted by molar-refractivity contribution is -0.00745. The van der Waals surface area contributed by atoms with Crippen LogP contribution in [0.4, 0.5) is 11.5 Å². The number of pyridine rings is 1. The minimum atomic E-state index is -0.445. The van der Waals surface area contributed by atoms with Crippen LogP contribution in [0.5, 0.6) is 5.75 Å². The maximum absolute atomic E-state index is 13.1. The fraction of sp³-hybridized carbons (Fsp3) is 0.381. The lowest BCUT2D eigenvalue weighted by Gasteiger charge is -2.44. The van der Waals surface area contributed by atoms with E-state index in [9.17, 15) is 4.79 Å². The molecule has 3 saturated heterocycles. The van der Waals surface area contributed by atoms with E-state index in [0.717, 1.165) is 32.5 Å². The van der Waals surface area contributed by atoms with Crippen molar-refractivity contribution in [3.63, 3.8) is 0 Å². The number of ether oxygens (including phenoxy) is 1. The number of amides is 1. The van der Waals surface area contributed by atoms with Crippen molar-refractivity contribution in [3.05, 3.63) is 42.0 Å². The molecule has 10 heteroatoms. The Morgan fingerprint density at radius 2 is 2.19 bits per heavy atom. The summed E-state index contributed by atoms with van der Waals surface area (Å²) in [5, 5.41) is 15.9. The molecule has 6 heterocycles. The van der Waals surface area contributed by atoms with Crippen LogP contribution in [0.3, 0.4) is 0 Å². The van der Waals surface area contributed by atoms with Gasteiger partial charge >= 0.3 is 0 Å². The molecule has 3 aliphatic rings. The van der Waals surface area contributed by atoms with E-state index in [1.807, 2.05) is 0 Å².